The molecule has 2 aliphatic rings. The van der Waals surface area contributed by atoms with Gasteiger partial charge in [-0.1, -0.05) is 0 Å². The first kappa shape index (κ1) is 14.7. The molecule has 2 fully saturated rings. The predicted octanol–water partition coefficient (Wildman–Crippen LogP) is 0.126. The van der Waals surface area contributed by atoms with Crippen molar-refractivity contribution in [3.05, 3.63) is 0 Å². The van der Waals surface area contributed by atoms with Crippen LogP contribution in [0.25, 0.3) is 0 Å². The molecule has 2 heterocycles. The zero-order valence-corrected chi connectivity index (χ0v) is 12.1. The predicted molar refractivity (Wildman–Crippen MR) is 69.8 cm³/mol. The van der Waals surface area contributed by atoms with Crippen LogP contribution in [0.5, 0.6) is 0 Å². The minimum Gasteiger partial charge on any atom is -0.479 e. The Labute approximate surface area is 113 Å². The first-order valence-electron chi connectivity index (χ1n) is 6.64. The van der Waals surface area contributed by atoms with E-state index in [2.05, 4.69) is 4.90 Å². The van der Waals surface area contributed by atoms with Gasteiger partial charge in [0.2, 0.25) is 0 Å². The standard InChI is InChI=1S/C12H21NO5S/c1-8-5-13(6-9(2)19(8,16)17)7-10-3-4-11(18-10)12(14)15/h8-11H,3-7H2,1-2H3,(H,14,15)/t8?,9?,10-,11+/m0/s1. The van der Waals surface area contributed by atoms with Crippen LogP contribution in [-0.4, -0.2) is 66.7 Å². The van der Waals surface area contributed by atoms with Crippen molar-refractivity contribution >= 4 is 15.8 Å². The fourth-order valence-electron chi connectivity index (χ4n) is 2.86. The van der Waals surface area contributed by atoms with Gasteiger partial charge in [0.25, 0.3) is 0 Å². The minimum absolute atomic E-state index is 0.0960. The molecular formula is C12H21NO5S. The molecule has 6 nitrogen and oxygen atoms in total. The van der Waals surface area contributed by atoms with Crippen LogP contribution in [-0.2, 0) is 19.4 Å². The number of carbonyl (C=O) groups is 1. The molecule has 2 unspecified atom stereocenters. The quantitative estimate of drug-likeness (QED) is 0.795. The molecular weight excluding hydrogens is 270 g/mol. The fraction of sp³-hybridized carbons (Fsp3) is 0.917. The molecule has 0 aromatic rings. The molecule has 0 spiro atoms. The van der Waals surface area contributed by atoms with Crippen molar-refractivity contribution in [1.29, 1.82) is 0 Å². The Kier molecular flexibility index (Phi) is 4.17. The van der Waals surface area contributed by atoms with Gasteiger partial charge in [-0.25, -0.2) is 13.2 Å². The van der Waals surface area contributed by atoms with Crippen molar-refractivity contribution in [3.63, 3.8) is 0 Å². The Morgan fingerprint density at radius 1 is 1.26 bits per heavy atom. The number of ether oxygens (including phenoxy) is 1. The van der Waals surface area contributed by atoms with E-state index >= 15 is 0 Å². The van der Waals surface area contributed by atoms with Crippen LogP contribution in [0.2, 0.25) is 0 Å². The highest BCUT2D eigenvalue weighted by molar-refractivity contribution is 7.92. The summed E-state index contributed by atoms with van der Waals surface area (Å²) in [5, 5.41) is 8.14. The van der Waals surface area contributed by atoms with Crippen molar-refractivity contribution in [2.75, 3.05) is 19.6 Å². The molecule has 0 bridgehead atoms. The number of hydrogen-bond acceptors (Lipinski definition) is 5. The molecule has 2 saturated heterocycles. The van der Waals surface area contributed by atoms with E-state index in [4.69, 9.17) is 9.84 Å². The normalized spacial score (nSPS) is 39.3. The summed E-state index contributed by atoms with van der Waals surface area (Å²) in [6.45, 7) is 5.09. The van der Waals surface area contributed by atoms with E-state index in [1.165, 1.54) is 0 Å². The Morgan fingerprint density at radius 2 is 1.84 bits per heavy atom. The van der Waals surface area contributed by atoms with Crippen molar-refractivity contribution in [2.24, 2.45) is 0 Å². The number of aliphatic carboxylic acids is 1. The Morgan fingerprint density at radius 3 is 2.32 bits per heavy atom. The lowest BCUT2D eigenvalue weighted by Crippen LogP contribution is -2.51. The second-order valence-electron chi connectivity index (χ2n) is 5.59. The van der Waals surface area contributed by atoms with Crippen molar-refractivity contribution < 1.29 is 23.1 Å². The summed E-state index contributed by atoms with van der Waals surface area (Å²) in [5.41, 5.74) is 0. The summed E-state index contributed by atoms with van der Waals surface area (Å²) in [4.78, 5) is 12.9. The molecule has 7 heteroatoms. The van der Waals surface area contributed by atoms with Gasteiger partial charge in [0.05, 0.1) is 16.6 Å². The van der Waals surface area contributed by atoms with Crippen LogP contribution < -0.4 is 0 Å². The van der Waals surface area contributed by atoms with E-state index in [9.17, 15) is 13.2 Å². The molecule has 0 amide bonds. The van der Waals surface area contributed by atoms with Crippen LogP contribution in [0.1, 0.15) is 26.7 Å². The molecule has 0 aromatic carbocycles. The largest absolute Gasteiger partial charge is 0.479 e. The number of carboxylic acid groups (broad SMARTS) is 1. The van der Waals surface area contributed by atoms with Gasteiger partial charge in [0.15, 0.2) is 15.9 Å². The number of rotatable bonds is 3. The highest BCUT2D eigenvalue weighted by Crippen LogP contribution is 2.24. The van der Waals surface area contributed by atoms with Gasteiger partial charge >= 0.3 is 5.97 Å². The maximum Gasteiger partial charge on any atom is 0.332 e. The lowest BCUT2D eigenvalue weighted by Gasteiger charge is -2.35. The fourth-order valence-corrected chi connectivity index (χ4v) is 4.50. The molecule has 0 aliphatic carbocycles. The summed E-state index contributed by atoms with van der Waals surface area (Å²) < 4.78 is 29.3. The topological polar surface area (TPSA) is 83.9 Å². The van der Waals surface area contributed by atoms with Gasteiger partial charge in [-0.05, 0) is 26.7 Å². The van der Waals surface area contributed by atoms with E-state index in [-0.39, 0.29) is 16.6 Å². The monoisotopic (exact) mass is 291 g/mol. The Bertz CT molecular complexity index is 431. The maximum atomic E-state index is 11.9. The summed E-state index contributed by atoms with van der Waals surface area (Å²) in [7, 11) is -3.01. The Balaban J connectivity index is 1.90. The maximum absolute atomic E-state index is 11.9. The van der Waals surface area contributed by atoms with E-state index < -0.39 is 21.9 Å². The number of hydrogen-bond donors (Lipinski definition) is 1. The molecule has 110 valence electrons. The van der Waals surface area contributed by atoms with Crippen LogP contribution in [0.3, 0.4) is 0 Å². The summed E-state index contributed by atoms with van der Waals surface area (Å²) in [6.07, 6.45) is 0.468. The third-order valence-corrected chi connectivity index (χ3v) is 6.54. The second kappa shape index (κ2) is 5.38. The molecule has 2 rings (SSSR count). The zero-order chi connectivity index (χ0) is 14.2. The first-order valence-corrected chi connectivity index (χ1v) is 8.25. The van der Waals surface area contributed by atoms with Gasteiger partial charge in [-0.15, -0.1) is 0 Å². The van der Waals surface area contributed by atoms with E-state index in [1.54, 1.807) is 13.8 Å². The number of nitrogens with zero attached hydrogens (tertiary/aromatic N) is 1. The van der Waals surface area contributed by atoms with E-state index in [0.29, 0.717) is 26.1 Å². The third kappa shape index (κ3) is 3.09. The molecule has 4 atom stereocenters. The SMILES string of the molecule is CC1CN(C[C@@H]2CC[C@H](C(=O)O)O2)CC(C)S1(=O)=O. The second-order valence-corrected chi connectivity index (χ2v) is 8.38. The van der Waals surface area contributed by atoms with Crippen LogP contribution in [0.15, 0.2) is 0 Å². The van der Waals surface area contributed by atoms with Crippen LogP contribution >= 0.6 is 0 Å². The average Bonchev–Trinajstić information content (AvgIpc) is 2.75. The van der Waals surface area contributed by atoms with Gasteiger partial charge < -0.3 is 9.84 Å². The van der Waals surface area contributed by atoms with E-state index in [0.717, 1.165) is 6.42 Å². The lowest BCUT2D eigenvalue weighted by molar-refractivity contribution is -0.149. The molecule has 0 aromatic heterocycles. The highest BCUT2D eigenvalue weighted by atomic mass is 32.2. The Hall–Kier alpha value is -0.660. The van der Waals surface area contributed by atoms with E-state index in [1.807, 2.05) is 0 Å². The third-order valence-electron chi connectivity index (χ3n) is 4.00. The molecule has 1 N–H and O–H groups in total. The van der Waals surface area contributed by atoms with Gasteiger partial charge in [0, 0.05) is 19.6 Å². The van der Waals surface area contributed by atoms with Crippen LogP contribution in [0, 0.1) is 0 Å². The number of sulfone groups is 1. The van der Waals surface area contributed by atoms with Gasteiger partial charge in [-0.3, -0.25) is 4.90 Å². The highest BCUT2D eigenvalue weighted by Gasteiger charge is 2.38. The van der Waals surface area contributed by atoms with Gasteiger partial charge in [0.1, 0.15) is 0 Å². The molecule has 0 saturated carbocycles. The lowest BCUT2D eigenvalue weighted by atomic mass is 10.2. The summed E-state index contributed by atoms with van der Waals surface area (Å²) >= 11 is 0. The smallest absolute Gasteiger partial charge is 0.332 e. The van der Waals surface area contributed by atoms with Crippen LogP contribution in [0.4, 0.5) is 0 Å². The first-order chi connectivity index (χ1) is 8.80. The summed E-state index contributed by atoms with van der Waals surface area (Å²) in [6, 6.07) is 0. The molecule has 0 radical (unpaired) electrons. The van der Waals surface area contributed by atoms with Crippen molar-refractivity contribution in [3.8, 4) is 0 Å². The van der Waals surface area contributed by atoms with Crippen molar-refractivity contribution in [2.45, 2.75) is 49.4 Å². The van der Waals surface area contributed by atoms with Gasteiger partial charge in [-0.2, -0.15) is 0 Å². The molecule has 2 aliphatic heterocycles. The number of carboxylic acids is 1. The average molecular weight is 291 g/mol. The minimum atomic E-state index is -3.01. The molecule has 19 heavy (non-hydrogen) atoms. The zero-order valence-electron chi connectivity index (χ0n) is 11.3. The summed E-state index contributed by atoms with van der Waals surface area (Å²) in [5.74, 6) is -0.912. The van der Waals surface area contributed by atoms with Crippen molar-refractivity contribution in [1.82, 2.24) is 4.90 Å².